The van der Waals surface area contributed by atoms with Crippen LogP contribution in [0.15, 0.2) is 42.7 Å². The number of carbonyl (C=O) groups is 1. The van der Waals surface area contributed by atoms with Crippen molar-refractivity contribution in [1.29, 1.82) is 0 Å². The van der Waals surface area contributed by atoms with Gasteiger partial charge in [0.2, 0.25) is 0 Å². The summed E-state index contributed by atoms with van der Waals surface area (Å²) in [5.74, 6) is 0.666. The predicted octanol–water partition coefficient (Wildman–Crippen LogP) is 3.71. The van der Waals surface area contributed by atoms with Gasteiger partial charge in [-0.3, -0.25) is 0 Å². The molecule has 1 aromatic heterocycles. The van der Waals surface area contributed by atoms with Crippen LogP contribution in [-0.4, -0.2) is 40.2 Å². The average Bonchev–Trinajstić information content (AvgIpc) is 2.67. The lowest BCUT2D eigenvalue weighted by molar-refractivity contribution is 0.0497. The number of carbonyl (C=O) groups excluding carboxylic acids is 1. The third kappa shape index (κ3) is 5.00. The maximum absolute atomic E-state index is 14.5. The first kappa shape index (κ1) is 18.3. The Morgan fingerprint density at radius 3 is 2.69 bits per heavy atom. The number of amides is 1. The van der Waals surface area contributed by atoms with Gasteiger partial charge in [0.15, 0.2) is 0 Å². The van der Waals surface area contributed by atoms with Gasteiger partial charge < -0.3 is 9.64 Å². The number of benzene rings is 1. The normalized spacial score (nSPS) is 20.0. The fourth-order valence-electron chi connectivity index (χ4n) is 3.14. The first-order valence-electron chi connectivity index (χ1n) is 8.99. The number of ether oxygens (including phenoxy) is 1. The van der Waals surface area contributed by atoms with Gasteiger partial charge in [-0.25, -0.2) is 19.2 Å². The van der Waals surface area contributed by atoms with Crippen LogP contribution in [-0.2, 0) is 17.8 Å². The van der Waals surface area contributed by atoms with Crippen molar-refractivity contribution in [2.45, 2.75) is 39.0 Å². The summed E-state index contributed by atoms with van der Waals surface area (Å²) in [7, 11) is 0. The molecule has 0 aliphatic carbocycles. The molecule has 0 bridgehead atoms. The van der Waals surface area contributed by atoms with E-state index in [4.69, 9.17) is 4.74 Å². The van der Waals surface area contributed by atoms with Crippen LogP contribution in [0.2, 0.25) is 0 Å². The van der Waals surface area contributed by atoms with E-state index in [1.54, 1.807) is 18.5 Å². The number of hydrogen-bond donors (Lipinski definition) is 0. The first-order chi connectivity index (χ1) is 12.6. The highest BCUT2D eigenvalue weighted by Crippen LogP contribution is 2.25. The standard InChI is InChI=1S/C20H24FN3O2/c1-15-3-5-16(6-4-15)14-26-20(25)24-12-9-17(18(21)13-24)7-8-19-22-10-2-11-23-19/h2-6,10-11,17-18H,7-9,12-14H2,1H3/t17-,18+/m1/s1. The van der Waals surface area contributed by atoms with Gasteiger partial charge in [-0.2, -0.15) is 0 Å². The van der Waals surface area contributed by atoms with Crippen LogP contribution in [0.4, 0.5) is 9.18 Å². The lowest BCUT2D eigenvalue weighted by atomic mass is 9.90. The zero-order valence-electron chi connectivity index (χ0n) is 15.0. The summed E-state index contributed by atoms with van der Waals surface area (Å²) in [6.07, 6.45) is 3.89. The average molecular weight is 357 g/mol. The molecule has 0 radical (unpaired) electrons. The Morgan fingerprint density at radius 1 is 1.27 bits per heavy atom. The largest absolute Gasteiger partial charge is 0.445 e. The van der Waals surface area contributed by atoms with Crippen molar-refractivity contribution in [2.75, 3.05) is 13.1 Å². The summed E-state index contributed by atoms with van der Waals surface area (Å²) in [4.78, 5) is 22.0. The van der Waals surface area contributed by atoms with Gasteiger partial charge in [0.1, 0.15) is 18.6 Å². The molecule has 5 nitrogen and oxygen atoms in total. The van der Waals surface area contributed by atoms with E-state index in [1.807, 2.05) is 31.2 Å². The molecular weight excluding hydrogens is 333 g/mol. The highest BCUT2D eigenvalue weighted by Gasteiger charge is 2.32. The van der Waals surface area contributed by atoms with Gasteiger partial charge >= 0.3 is 6.09 Å². The molecule has 3 rings (SSSR count). The summed E-state index contributed by atoms with van der Waals surface area (Å²) >= 11 is 0. The zero-order valence-corrected chi connectivity index (χ0v) is 15.0. The molecule has 1 fully saturated rings. The second kappa shape index (κ2) is 8.74. The minimum absolute atomic E-state index is 0.0695. The number of rotatable bonds is 5. The highest BCUT2D eigenvalue weighted by molar-refractivity contribution is 5.67. The van der Waals surface area contributed by atoms with Gasteiger partial charge in [-0.15, -0.1) is 0 Å². The van der Waals surface area contributed by atoms with Crippen LogP contribution in [0.1, 0.15) is 29.8 Å². The number of alkyl halides is 1. The lowest BCUT2D eigenvalue weighted by Crippen LogP contribution is -2.45. The van der Waals surface area contributed by atoms with Crippen LogP contribution in [0.25, 0.3) is 0 Å². The fraction of sp³-hybridized carbons (Fsp3) is 0.450. The second-order valence-corrected chi connectivity index (χ2v) is 6.75. The molecule has 2 heterocycles. The molecule has 0 unspecified atom stereocenters. The van der Waals surface area contributed by atoms with E-state index < -0.39 is 12.3 Å². The Labute approximate surface area is 153 Å². The summed E-state index contributed by atoms with van der Waals surface area (Å²) in [6.45, 7) is 2.83. The van der Waals surface area contributed by atoms with Gasteiger partial charge in [0.05, 0.1) is 6.54 Å². The zero-order chi connectivity index (χ0) is 18.4. The molecule has 26 heavy (non-hydrogen) atoms. The van der Waals surface area contributed by atoms with Crippen LogP contribution in [0, 0.1) is 12.8 Å². The summed E-state index contributed by atoms with van der Waals surface area (Å²) in [6, 6.07) is 9.57. The van der Waals surface area contributed by atoms with Crippen molar-refractivity contribution in [2.24, 2.45) is 5.92 Å². The Hall–Kier alpha value is -2.50. The van der Waals surface area contributed by atoms with Crippen molar-refractivity contribution in [3.05, 3.63) is 59.7 Å². The van der Waals surface area contributed by atoms with E-state index in [2.05, 4.69) is 9.97 Å². The number of hydrogen-bond acceptors (Lipinski definition) is 4. The predicted molar refractivity (Wildman–Crippen MR) is 96.3 cm³/mol. The van der Waals surface area contributed by atoms with E-state index >= 15 is 0 Å². The maximum Gasteiger partial charge on any atom is 0.410 e. The molecule has 0 N–H and O–H groups in total. The molecule has 1 aliphatic rings. The summed E-state index contributed by atoms with van der Waals surface area (Å²) in [5, 5.41) is 0. The number of nitrogens with zero attached hydrogens (tertiary/aromatic N) is 3. The van der Waals surface area contributed by atoms with E-state index in [1.165, 1.54) is 4.90 Å². The molecule has 1 amide bonds. The maximum atomic E-state index is 14.5. The molecule has 138 valence electrons. The number of aryl methyl sites for hydroxylation is 2. The van der Waals surface area contributed by atoms with E-state index in [-0.39, 0.29) is 19.1 Å². The smallest absolute Gasteiger partial charge is 0.410 e. The number of halogens is 1. The molecule has 1 aliphatic heterocycles. The second-order valence-electron chi connectivity index (χ2n) is 6.75. The van der Waals surface area contributed by atoms with E-state index in [0.717, 1.165) is 17.0 Å². The van der Waals surface area contributed by atoms with Gasteiger partial charge in [-0.1, -0.05) is 29.8 Å². The van der Waals surface area contributed by atoms with Crippen molar-refractivity contribution in [1.82, 2.24) is 14.9 Å². The third-order valence-electron chi connectivity index (χ3n) is 4.78. The quantitative estimate of drug-likeness (QED) is 0.818. The Kier molecular flexibility index (Phi) is 6.15. The van der Waals surface area contributed by atoms with Gasteiger partial charge in [0, 0.05) is 25.4 Å². The highest BCUT2D eigenvalue weighted by atomic mass is 19.1. The molecular formula is C20H24FN3O2. The van der Waals surface area contributed by atoms with Gasteiger partial charge in [-0.05, 0) is 37.3 Å². The van der Waals surface area contributed by atoms with Gasteiger partial charge in [0.25, 0.3) is 0 Å². The SMILES string of the molecule is Cc1ccc(COC(=O)N2CC[C@@H](CCc3ncccn3)[C@@H](F)C2)cc1. The minimum Gasteiger partial charge on any atom is -0.445 e. The fourth-order valence-corrected chi connectivity index (χ4v) is 3.14. The van der Waals surface area contributed by atoms with Crippen molar-refractivity contribution < 1.29 is 13.9 Å². The van der Waals surface area contributed by atoms with Crippen LogP contribution in [0.5, 0.6) is 0 Å². The Morgan fingerprint density at radius 2 is 2.00 bits per heavy atom. The Bertz CT molecular complexity index is 709. The summed E-state index contributed by atoms with van der Waals surface area (Å²) in [5.41, 5.74) is 2.09. The van der Waals surface area contributed by atoms with Crippen molar-refractivity contribution >= 4 is 6.09 Å². The molecule has 2 aromatic rings. The van der Waals surface area contributed by atoms with Crippen molar-refractivity contribution in [3.63, 3.8) is 0 Å². The molecule has 1 aromatic carbocycles. The van der Waals surface area contributed by atoms with Crippen LogP contribution in [0.3, 0.4) is 0 Å². The number of likely N-dealkylation sites (tertiary alicyclic amines) is 1. The van der Waals surface area contributed by atoms with Crippen molar-refractivity contribution in [3.8, 4) is 0 Å². The lowest BCUT2D eigenvalue weighted by Gasteiger charge is -2.34. The summed E-state index contributed by atoms with van der Waals surface area (Å²) < 4.78 is 19.8. The molecule has 0 saturated carbocycles. The molecule has 1 saturated heterocycles. The van der Waals surface area contributed by atoms with Crippen LogP contribution < -0.4 is 0 Å². The van der Waals surface area contributed by atoms with E-state index in [9.17, 15) is 9.18 Å². The molecule has 2 atom stereocenters. The molecule has 6 heteroatoms. The Balaban J connectivity index is 1.43. The minimum atomic E-state index is -1.04. The number of aromatic nitrogens is 2. The first-order valence-corrected chi connectivity index (χ1v) is 8.99. The van der Waals surface area contributed by atoms with E-state index in [0.29, 0.717) is 25.8 Å². The third-order valence-corrected chi connectivity index (χ3v) is 4.78. The van der Waals surface area contributed by atoms with Crippen LogP contribution >= 0.6 is 0 Å². The molecule has 0 spiro atoms. The topological polar surface area (TPSA) is 55.3 Å². The monoisotopic (exact) mass is 357 g/mol. The number of piperidine rings is 1.